The molecule has 2 nitrogen and oxygen atoms in total. The molecule has 0 amide bonds. The monoisotopic (exact) mass is 180 g/mol. The van der Waals surface area contributed by atoms with Gasteiger partial charge in [0.05, 0.1) is 13.2 Å². The predicted molar refractivity (Wildman–Crippen MR) is 52.8 cm³/mol. The van der Waals surface area contributed by atoms with Gasteiger partial charge in [-0.05, 0) is 23.6 Å². The third-order valence-corrected chi connectivity index (χ3v) is 2.07. The van der Waals surface area contributed by atoms with E-state index in [1.807, 2.05) is 38.1 Å². The van der Waals surface area contributed by atoms with E-state index >= 15 is 0 Å². The van der Waals surface area contributed by atoms with Crippen molar-refractivity contribution < 1.29 is 9.84 Å². The number of benzene rings is 1. The lowest BCUT2D eigenvalue weighted by molar-refractivity contribution is 0.126. The minimum Gasteiger partial charge on any atom is -0.497 e. The predicted octanol–water partition coefficient (Wildman–Crippen LogP) is 2.38. The zero-order valence-electron chi connectivity index (χ0n) is 8.32. The van der Waals surface area contributed by atoms with Gasteiger partial charge in [-0.15, -0.1) is 0 Å². The maximum Gasteiger partial charge on any atom is 0.119 e. The van der Waals surface area contributed by atoms with E-state index in [0.29, 0.717) is 0 Å². The molecule has 1 aromatic carbocycles. The van der Waals surface area contributed by atoms with Crippen molar-refractivity contribution in [1.82, 2.24) is 0 Å². The lowest BCUT2D eigenvalue weighted by Gasteiger charge is -2.15. The highest BCUT2D eigenvalue weighted by Gasteiger charge is 2.11. The molecule has 0 aliphatic heterocycles. The summed E-state index contributed by atoms with van der Waals surface area (Å²) in [6.45, 7) is 3.98. The molecule has 72 valence electrons. The highest BCUT2D eigenvalue weighted by molar-refractivity contribution is 5.29. The van der Waals surface area contributed by atoms with Crippen molar-refractivity contribution in [2.75, 3.05) is 7.11 Å². The molecule has 0 radical (unpaired) electrons. The number of hydrogen-bond acceptors (Lipinski definition) is 2. The standard InChI is InChI=1S/C11H16O2/c1-8(2)11(12)9-5-4-6-10(7-9)13-3/h4-8,11-12H,1-3H3/t11-/m0/s1. The van der Waals surface area contributed by atoms with Crippen LogP contribution in [0.25, 0.3) is 0 Å². The fourth-order valence-corrected chi connectivity index (χ4v) is 1.21. The van der Waals surface area contributed by atoms with E-state index in [9.17, 15) is 5.11 Å². The van der Waals surface area contributed by atoms with Crippen molar-refractivity contribution >= 4 is 0 Å². The molecule has 1 aromatic rings. The number of rotatable bonds is 3. The van der Waals surface area contributed by atoms with E-state index in [1.54, 1.807) is 7.11 Å². The second-order valence-electron chi connectivity index (χ2n) is 3.47. The minimum absolute atomic E-state index is 0.229. The summed E-state index contributed by atoms with van der Waals surface area (Å²) in [5, 5.41) is 9.76. The Morgan fingerprint density at radius 3 is 2.54 bits per heavy atom. The SMILES string of the molecule is COc1cccc([C@@H](O)C(C)C)c1. The highest BCUT2D eigenvalue weighted by Crippen LogP contribution is 2.24. The Bertz CT molecular complexity index is 269. The van der Waals surface area contributed by atoms with Crippen LogP contribution in [0.5, 0.6) is 5.75 Å². The van der Waals surface area contributed by atoms with E-state index in [0.717, 1.165) is 11.3 Å². The lowest BCUT2D eigenvalue weighted by Crippen LogP contribution is -2.05. The molecule has 0 aliphatic carbocycles. The summed E-state index contributed by atoms with van der Waals surface area (Å²) >= 11 is 0. The second-order valence-corrected chi connectivity index (χ2v) is 3.47. The fraction of sp³-hybridized carbons (Fsp3) is 0.455. The van der Waals surface area contributed by atoms with Crippen LogP contribution >= 0.6 is 0 Å². The van der Waals surface area contributed by atoms with Crippen molar-refractivity contribution in [2.24, 2.45) is 5.92 Å². The van der Waals surface area contributed by atoms with Crippen molar-refractivity contribution in [3.8, 4) is 5.75 Å². The zero-order valence-corrected chi connectivity index (χ0v) is 8.32. The minimum atomic E-state index is -0.407. The molecule has 0 heterocycles. The normalized spacial score (nSPS) is 13.0. The van der Waals surface area contributed by atoms with Gasteiger partial charge in [-0.3, -0.25) is 0 Å². The van der Waals surface area contributed by atoms with Gasteiger partial charge in [0.2, 0.25) is 0 Å². The molecule has 0 aromatic heterocycles. The van der Waals surface area contributed by atoms with Gasteiger partial charge in [-0.25, -0.2) is 0 Å². The fourth-order valence-electron chi connectivity index (χ4n) is 1.21. The average molecular weight is 180 g/mol. The molecule has 2 heteroatoms. The molecule has 0 aliphatic rings. The lowest BCUT2D eigenvalue weighted by atomic mass is 9.99. The van der Waals surface area contributed by atoms with Crippen LogP contribution in [0.2, 0.25) is 0 Å². The van der Waals surface area contributed by atoms with Crippen LogP contribution in [0.4, 0.5) is 0 Å². The molecule has 0 bridgehead atoms. The van der Waals surface area contributed by atoms with Crippen LogP contribution in [-0.4, -0.2) is 12.2 Å². The van der Waals surface area contributed by atoms with Gasteiger partial charge >= 0.3 is 0 Å². The Morgan fingerprint density at radius 1 is 1.31 bits per heavy atom. The van der Waals surface area contributed by atoms with E-state index in [2.05, 4.69) is 0 Å². The summed E-state index contributed by atoms with van der Waals surface area (Å²) in [5.74, 6) is 1.02. The van der Waals surface area contributed by atoms with Crippen LogP contribution in [0.3, 0.4) is 0 Å². The van der Waals surface area contributed by atoms with Gasteiger partial charge in [0.15, 0.2) is 0 Å². The summed E-state index contributed by atoms with van der Waals surface area (Å²) in [7, 11) is 1.63. The van der Waals surface area contributed by atoms with Gasteiger partial charge in [-0.1, -0.05) is 26.0 Å². The van der Waals surface area contributed by atoms with Crippen molar-refractivity contribution in [2.45, 2.75) is 20.0 Å². The Labute approximate surface area is 79.2 Å². The molecule has 13 heavy (non-hydrogen) atoms. The molecule has 0 unspecified atom stereocenters. The molecule has 1 N–H and O–H groups in total. The van der Waals surface area contributed by atoms with Crippen molar-refractivity contribution in [3.05, 3.63) is 29.8 Å². The van der Waals surface area contributed by atoms with E-state index in [1.165, 1.54) is 0 Å². The zero-order chi connectivity index (χ0) is 9.84. The summed E-state index contributed by atoms with van der Waals surface area (Å²) in [6.07, 6.45) is -0.407. The summed E-state index contributed by atoms with van der Waals surface area (Å²) in [4.78, 5) is 0. The molecule has 0 saturated carbocycles. The summed E-state index contributed by atoms with van der Waals surface area (Å²) in [6, 6.07) is 7.54. The Balaban J connectivity index is 2.88. The quantitative estimate of drug-likeness (QED) is 0.773. The van der Waals surface area contributed by atoms with Crippen LogP contribution < -0.4 is 4.74 Å². The second kappa shape index (κ2) is 4.28. The van der Waals surface area contributed by atoms with Gasteiger partial charge in [0, 0.05) is 0 Å². The molecule has 0 saturated heterocycles. The first-order valence-electron chi connectivity index (χ1n) is 4.47. The van der Waals surface area contributed by atoms with Crippen LogP contribution in [-0.2, 0) is 0 Å². The summed E-state index contributed by atoms with van der Waals surface area (Å²) < 4.78 is 5.07. The van der Waals surface area contributed by atoms with Crippen LogP contribution in [0, 0.1) is 5.92 Å². The van der Waals surface area contributed by atoms with Crippen LogP contribution in [0.15, 0.2) is 24.3 Å². The summed E-state index contributed by atoms with van der Waals surface area (Å²) in [5.41, 5.74) is 0.911. The van der Waals surface area contributed by atoms with Crippen LogP contribution in [0.1, 0.15) is 25.5 Å². The number of methoxy groups -OCH3 is 1. The highest BCUT2D eigenvalue weighted by atomic mass is 16.5. The maximum absolute atomic E-state index is 9.76. The number of aliphatic hydroxyl groups is 1. The van der Waals surface area contributed by atoms with Gasteiger partial charge in [0.25, 0.3) is 0 Å². The molecule has 1 rings (SSSR count). The van der Waals surface area contributed by atoms with Gasteiger partial charge in [-0.2, -0.15) is 0 Å². The average Bonchev–Trinajstić information content (AvgIpc) is 2.16. The number of hydrogen-bond donors (Lipinski definition) is 1. The molecule has 0 fully saturated rings. The Hall–Kier alpha value is -1.02. The molecular formula is C11H16O2. The molecule has 1 atom stereocenters. The number of aliphatic hydroxyl groups excluding tert-OH is 1. The Kier molecular flexibility index (Phi) is 3.32. The largest absolute Gasteiger partial charge is 0.497 e. The third-order valence-electron chi connectivity index (χ3n) is 2.07. The molecule has 0 spiro atoms. The first kappa shape index (κ1) is 10.1. The van der Waals surface area contributed by atoms with E-state index in [4.69, 9.17) is 4.74 Å². The van der Waals surface area contributed by atoms with Gasteiger partial charge in [0.1, 0.15) is 5.75 Å². The van der Waals surface area contributed by atoms with Crippen molar-refractivity contribution in [3.63, 3.8) is 0 Å². The first-order chi connectivity index (χ1) is 6.15. The number of ether oxygens (including phenoxy) is 1. The van der Waals surface area contributed by atoms with Crippen molar-refractivity contribution in [1.29, 1.82) is 0 Å². The van der Waals surface area contributed by atoms with Gasteiger partial charge < -0.3 is 9.84 Å². The van der Waals surface area contributed by atoms with E-state index in [-0.39, 0.29) is 5.92 Å². The maximum atomic E-state index is 9.76. The Morgan fingerprint density at radius 2 is 2.00 bits per heavy atom. The van der Waals surface area contributed by atoms with E-state index < -0.39 is 6.10 Å². The topological polar surface area (TPSA) is 29.5 Å². The third kappa shape index (κ3) is 2.46. The first-order valence-corrected chi connectivity index (χ1v) is 4.47. The molecular weight excluding hydrogens is 164 g/mol. The smallest absolute Gasteiger partial charge is 0.119 e.